The minimum atomic E-state index is -0.312. The normalized spacial score (nSPS) is 10.5. The molecule has 1 heterocycles. The fraction of sp³-hybridized carbons (Fsp3) is 0.158. The van der Waals surface area contributed by atoms with Gasteiger partial charge in [0.25, 0.3) is 0 Å². The number of hydrogen-bond acceptors (Lipinski definition) is 3. The maximum Gasteiger partial charge on any atom is 0.140 e. The molecular formula is C19H17FN4. The van der Waals surface area contributed by atoms with Gasteiger partial charge in [0, 0.05) is 6.42 Å². The highest BCUT2D eigenvalue weighted by molar-refractivity contribution is 5.53. The quantitative estimate of drug-likeness (QED) is 0.801. The van der Waals surface area contributed by atoms with Crippen LogP contribution < -0.4 is 5.73 Å². The van der Waals surface area contributed by atoms with Gasteiger partial charge in [-0.3, -0.25) is 0 Å². The molecule has 0 unspecified atom stereocenters. The summed E-state index contributed by atoms with van der Waals surface area (Å²) in [5, 5.41) is 13.8. The molecule has 1 aromatic heterocycles. The van der Waals surface area contributed by atoms with Crippen LogP contribution in [0.15, 0.2) is 48.5 Å². The molecule has 0 radical (unpaired) electrons. The highest BCUT2D eigenvalue weighted by Crippen LogP contribution is 2.21. The van der Waals surface area contributed by atoms with E-state index in [1.165, 1.54) is 6.07 Å². The number of halogens is 1. The second-order valence-corrected chi connectivity index (χ2v) is 5.73. The van der Waals surface area contributed by atoms with Gasteiger partial charge in [-0.15, -0.1) is 0 Å². The van der Waals surface area contributed by atoms with Crippen LogP contribution in [-0.4, -0.2) is 9.78 Å². The largest absolute Gasteiger partial charge is 0.383 e. The lowest BCUT2D eigenvalue weighted by molar-refractivity contribution is 0.611. The van der Waals surface area contributed by atoms with Crippen LogP contribution in [0.4, 0.5) is 10.2 Å². The summed E-state index contributed by atoms with van der Waals surface area (Å²) < 4.78 is 15.5. The molecule has 0 atom stereocenters. The van der Waals surface area contributed by atoms with Crippen molar-refractivity contribution in [3.05, 3.63) is 82.3 Å². The molecule has 2 aromatic carbocycles. The molecule has 0 amide bonds. The maximum absolute atomic E-state index is 13.9. The van der Waals surface area contributed by atoms with E-state index in [1.807, 2.05) is 31.2 Å². The molecule has 3 rings (SSSR count). The SMILES string of the molecule is Cc1cccc(Cn2nc(Cc3ccccc3F)c(C#N)c2N)c1. The first kappa shape index (κ1) is 15.8. The summed E-state index contributed by atoms with van der Waals surface area (Å²) in [7, 11) is 0. The van der Waals surface area contributed by atoms with Crippen LogP contribution in [0.2, 0.25) is 0 Å². The zero-order chi connectivity index (χ0) is 17.1. The summed E-state index contributed by atoms with van der Waals surface area (Å²) >= 11 is 0. The molecule has 0 saturated heterocycles. The number of benzene rings is 2. The zero-order valence-electron chi connectivity index (χ0n) is 13.3. The molecule has 0 aliphatic heterocycles. The smallest absolute Gasteiger partial charge is 0.140 e. The van der Waals surface area contributed by atoms with Crippen molar-refractivity contribution in [3.8, 4) is 6.07 Å². The van der Waals surface area contributed by atoms with Crippen molar-refractivity contribution in [1.82, 2.24) is 9.78 Å². The number of nitrogens with two attached hydrogens (primary N) is 1. The van der Waals surface area contributed by atoms with Gasteiger partial charge in [0.2, 0.25) is 0 Å². The summed E-state index contributed by atoms with van der Waals surface area (Å²) in [5.41, 5.74) is 9.57. The first-order valence-electron chi connectivity index (χ1n) is 7.62. The third-order valence-electron chi connectivity index (χ3n) is 3.91. The van der Waals surface area contributed by atoms with Crippen LogP contribution in [0.25, 0.3) is 0 Å². The van der Waals surface area contributed by atoms with Crippen LogP contribution in [0, 0.1) is 24.1 Å². The Bertz CT molecular complexity index is 921. The average molecular weight is 320 g/mol. The third-order valence-corrected chi connectivity index (χ3v) is 3.91. The Morgan fingerprint density at radius 2 is 2.00 bits per heavy atom. The summed E-state index contributed by atoms with van der Waals surface area (Å²) in [6.45, 7) is 2.49. The van der Waals surface area contributed by atoms with E-state index in [2.05, 4.69) is 11.2 Å². The summed E-state index contributed by atoms with van der Waals surface area (Å²) in [4.78, 5) is 0. The van der Waals surface area contributed by atoms with Crippen LogP contribution in [0.5, 0.6) is 0 Å². The van der Waals surface area contributed by atoms with Crippen molar-refractivity contribution in [1.29, 1.82) is 5.26 Å². The molecule has 0 spiro atoms. The van der Waals surface area contributed by atoms with E-state index in [0.29, 0.717) is 29.2 Å². The van der Waals surface area contributed by atoms with Crippen molar-refractivity contribution in [2.45, 2.75) is 19.9 Å². The topological polar surface area (TPSA) is 67.6 Å². The van der Waals surface area contributed by atoms with Crippen molar-refractivity contribution in [2.75, 3.05) is 5.73 Å². The van der Waals surface area contributed by atoms with Crippen molar-refractivity contribution >= 4 is 5.82 Å². The second kappa shape index (κ2) is 6.55. The lowest BCUT2D eigenvalue weighted by Gasteiger charge is -2.05. The van der Waals surface area contributed by atoms with E-state index in [1.54, 1.807) is 22.9 Å². The first-order valence-corrected chi connectivity index (χ1v) is 7.62. The molecule has 0 aliphatic rings. The molecule has 5 heteroatoms. The van der Waals surface area contributed by atoms with Gasteiger partial charge in [0.15, 0.2) is 0 Å². The Labute approximate surface area is 140 Å². The van der Waals surface area contributed by atoms with Crippen LogP contribution in [-0.2, 0) is 13.0 Å². The number of hydrogen-bond donors (Lipinski definition) is 1. The predicted octanol–water partition coefficient (Wildman–Crippen LogP) is 3.42. The number of rotatable bonds is 4. The van der Waals surface area contributed by atoms with Gasteiger partial charge in [-0.05, 0) is 24.1 Å². The lowest BCUT2D eigenvalue weighted by atomic mass is 10.1. The Morgan fingerprint density at radius 3 is 2.71 bits per heavy atom. The third kappa shape index (κ3) is 3.13. The van der Waals surface area contributed by atoms with Gasteiger partial charge in [-0.2, -0.15) is 10.4 Å². The molecule has 24 heavy (non-hydrogen) atoms. The van der Waals surface area contributed by atoms with Crippen LogP contribution >= 0.6 is 0 Å². The number of nitrogen functional groups attached to an aromatic ring is 1. The molecule has 0 aliphatic carbocycles. The Morgan fingerprint density at radius 1 is 1.21 bits per heavy atom. The average Bonchev–Trinajstić information content (AvgIpc) is 2.85. The molecule has 0 bridgehead atoms. The van der Waals surface area contributed by atoms with E-state index < -0.39 is 0 Å². The Kier molecular flexibility index (Phi) is 4.30. The lowest BCUT2D eigenvalue weighted by Crippen LogP contribution is -2.06. The summed E-state index contributed by atoms with van der Waals surface area (Å²) in [5.74, 6) is -0.00135. The van der Waals surface area contributed by atoms with Crippen molar-refractivity contribution in [2.24, 2.45) is 0 Å². The molecular weight excluding hydrogens is 303 g/mol. The van der Waals surface area contributed by atoms with Crippen LogP contribution in [0.1, 0.15) is 27.9 Å². The number of nitriles is 1. The predicted molar refractivity (Wildman–Crippen MR) is 90.8 cm³/mol. The van der Waals surface area contributed by atoms with Crippen molar-refractivity contribution < 1.29 is 4.39 Å². The minimum Gasteiger partial charge on any atom is -0.383 e. The van der Waals surface area contributed by atoms with Gasteiger partial charge in [0.1, 0.15) is 23.3 Å². The first-order chi connectivity index (χ1) is 11.6. The summed E-state index contributed by atoms with van der Waals surface area (Å²) in [6.07, 6.45) is 0.237. The number of aromatic nitrogens is 2. The minimum absolute atomic E-state index is 0.237. The van der Waals surface area contributed by atoms with E-state index >= 15 is 0 Å². The highest BCUT2D eigenvalue weighted by atomic mass is 19.1. The number of aryl methyl sites for hydroxylation is 1. The molecule has 4 nitrogen and oxygen atoms in total. The fourth-order valence-corrected chi connectivity index (χ4v) is 2.70. The van der Waals surface area contributed by atoms with E-state index in [9.17, 15) is 9.65 Å². The molecule has 120 valence electrons. The van der Waals surface area contributed by atoms with E-state index in [-0.39, 0.29) is 12.2 Å². The second-order valence-electron chi connectivity index (χ2n) is 5.73. The van der Waals surface area contributed by atoms with Crippen molar-refractivity contribution in [3.63, 3.8) is 0 Å². The highest BCUT2D eigenvalue weighted by Gasteiger charge is 2.17. The molecule has 2 N–H and O–H groups in total. The van der Waals surface area contributed by atoms with Gasteiger partial charge in [0.05, 0.1) is 12.2 Å². The fourth-order valence-electron chi connectivity index (χ4n) is 2.70. The Hall–Kier alpha value is -3.13. The molecule has 0 fully saturated rings. The molecule has 3 aromatic rings. The summed E-state index contributed by atoms with van der Waals surface area (Å²) in [6, 6.07) is 16.6. The maximum atomic E-state index is 13.9. The van der Waals surface area contributed by atoms with E-state index in [4.69, 9.17) is 5.73 Å². The van der Waals surface area contributed by atoms with Gasteiger partial charge >= 0.3 is 0 Å². The number of nitrogens with zero attached hydrogens (tertiary/aromatic N) is 3. The molecule has 0 saturated carbocycles. The standard InChI is InChI=1S/C19H17FN4/c1-13-5-4-6-14(9-13)12-24-19(22)16(11-21)18(23-24)10-15-7-2-3-8-17(15)20/h2-9H,10,12,22H2,1H3. The van der Waals surface area contributed by atoms with Gasteiger partial charge < -0.3 is 5.73 Å². The monoisotopic (exact) mass is 320 g/mol. The van der Waals surface area contributed by atoms with Gasteiger partial charge in [-0.1, -0.05) is 48.0 Å². The van der Waals surface area contributed by atoms with Crippen LogP contribution in [0.3, 0.4) is 0 Å². The Balaban J connectivity index is 1.94. The van der Waals surface area contributed by atoms with E-state index in [0.717, 1.165) is 11.1 Å². The number of anilines is 1. The van der Waals surface area contributed by atoms with Gasteiger partial charge in [-0.25, -0.2) is 9.07 Å². The zero-order valence-corrected chi connectivity index (χ0v) is 13.3.